The van der Waals surface area contributed by atoms with Crippen molar-refractivity contribution in [1.29, 1.82) is 0 Å². The minimum atomic E-state index is -0.348. The van der Waals surface area contributed by atoms with Gasteiger partial charge in [-0.25, -0.2) is 0 Å². The first-order chi connectivity index (χ1) is 23.1. The summed E-state index contributed by atoms with van der Waals surface area (Å²) in [5.41, 5.74) is 17.9. The van der Waals surface area contributed by atoms with Crippen molar-refractivity contribution in [2.24, 2.45) is 0 Å². The van der Waals surface area contributed by atoms with Gasteiger partial charge < -0.3 is 4.74 Å². The van der Waals surface area contributed by atoms with Gasteiger partial charge in [0, 0.05) is 12.3 Å². The molecule has 9 rings (SSSR count). The van der Waals surface area contributed by atoms with E-state index in [0.717, 1.165) is 12.8 Å². The predicted molar refractivity (Wildman–Crippen MR) is 205 cm³/mol. The van der Waals surface area contributed by atoms with Gasteiger partial charge in [0.2, 0.25) is 0 Å². The Morgan fingerprint density at radius 3 is 1.60 bits per heavy atom. The molecule has 4 aliphatic rings. The summed E-state index contributed by atoms with van der Waals surface area (Å²) in [5, 5.41) is 0.141. The average molecular weight is 645 g/mol. The number of hydrogen-bond acceptors (Lipinski definition) is 1. The Kier molecular flexibility index (Phi) is 7.16. The van der Waals surface area contributed by atoms with Crippen molar-refractivity contribution in [3.8, 4) is 11.1 Å². The van der Waals surface area contributed by atoms with Crippen LogP contribution in [-0.4, -0.2) is 17.9 Å². The molecule has 0 radical (unpaired) electrons. The van der Waals surface area contributed by atoms with Crippen LogP contribution in [-0.2, 0) is 15.6 Å². The molecule has 0 heterocycles. The highest BCUT2D eigenvalue weighted by Crippen LogP contribution is 2.68. The lowest BCUT2D eigenvalue weighted by molar-refractivity contribution is -0.00229. The Morgan fingerprint density at radius 1 is 0.583 bits per heavy atom. The molecule has 0 N–H and O–H groups in total. The summed E-state index contributed by atoms with van der Waals surface area (Å²) >= 11 is 0. The molecule has 0 bridgehead atoms. The first-order valence-electron chi connectivity index (χ1n) is 17.3. The molecule has 1 nitrogen and oxygen atoms in total. The van der Waals surface area contributed by atoms with Crippen molar-refractivity contribution in [1.82, 2.24) is 0 Å². The third-order valence-electron chi connectivity index (χ3n) is 12.0. The van der Waals surface area contributed by atoms with E-state index in [1.54, 1.807) is 12.7 Å². The zero-order valence-corrected chi connectivity index (χ0v) is 30.2. The van der Waals surface area contributed by atoms with Gasteiger partial charge in [-0.3, -0.25) is 0 Å². The van der Waals surface area contributed by atoms with E-state index in [1.807, 2.05) is 0 Å². The number of ether oxygens (including phenoxy) is 1. The molecular weight excluding hydrogens is 599 g/mol. The van der Waals surface area contributed by atoms with E-state index in [1.165, 1.54) is 66.8 Å². The van der Waals surface area contributed by atoms with Crippen molar-refractivity contribution < 1.29 is 4.74 Å². The lowest BCUT2D eigenvalue weighted by Crippen LogP contribution is -2.45. The van der Waals surface area contributed by atoms with E-state index in [2.05, 4.69) is 171 Å². The van der Waals surface area contributed by atoms with Crippen LogP contribution in [0.4, 0.5) is 0 Å². The highest BCUT2D eigenvalue weighted by atomic mass is 31.0. The van der Waals surface area contributed by atoms with Crippen molar-refractivity contribution in [3.63, 3.8) is 0 Å². The average Bonchev–Trinajstić information content (AvgIpc) is 3.56. The number of methoxy groups -OCH3 is 1. The second-order valence-electron chi connectivity index (χ2n) is 14.9. The fourth-order valence-electron chi connectivity index (χ4n) is 9.08. The van der Waals surface area contributed by atoms with E-state index < -0.39 is 0 Å². The van der Waals surface area contributed by atoms with E-state index in [4.69, 9.17) is 4.74 Å². The highest BCUT2D eigenvalue weighted by Gasteiger charge is 2.59. The maximum absolute atomic E-state index is 5.28. The number of allylic oxidation sites excluding steroid dienone is 4. The Bertz CT molecular complexity index is 2110. The van der Waals surface area contributed by atoms with Gasteiger partial charge in [-0.2, -0.15) is 0 Å². The topological polar surface area (TPSA) is 9.23 Å². The Labute approximate surface area is 289 Å². The molecule has 5 aromatic carbocycles. The van der Waals surface area contributed by atoms with Crippen molar-refractivity contribution in [2.75, 3.05) is 7.11 Å². The highest BCUT2D eigenvalue weighted by molar-refractivity contribution is 7.19. The van der Waals surface area contributed by atoms with Gasteiger partial charge in [-0.1, -0.05) is 141 Å². The largest absolute Gasteiger partial charge is 0.378 e. The van der Waals surface area contributed by atoms with Crippen molar-refractivity contribution in [2.45, 2.75) is 69.0 Å². The Balaban J connectivity index is 0.000000332. The second kappa shape index (κ2) is 11.0. The fraction of sp³-hybridized carbons (Fsp3) is 0.261. The second-order valence-corrected chi connectivity index (χ2v) is 16.4. The summed E-state index contributed by atoms with van der Waals surface area (Å²) in [4.78, 5) is 0. The maximum atomic E-state index is 5.28. The van der Waals surface area contributed by atoms with Crippen LogP contribution in [0.2, 0.25) is 0 Å². The van der Waals surface area contributed by atoms with E-state index in [0.29, 0.717) is 0 Å². The third kappa shape index (κ3) is 3.98. The Morgan fingerprint density at radius 2 is 1.06 bits per heavy atom. The van der Waals surface area contributed by atoms with Crippen LogP contribution >= 0.6 is 9.24 Å². The molecule has 0 aliphatic heterocycles. The standard InChI is InChI=1S/C39H28.C7H17OP/c1-25-13-12-24-36-37(25)39(32-20-8-4-16-28(32)29-17-5-9-21-33(29)39)35-23-11-10-22-34(35)38(36)30-18-6-2-14-26(30)27-15-3-7-19-31(27)38;1-6(2,8-5)7(3,4)9/h2-8,10-20,22-24H,9,21H2,1H3;9H2,1-5H3. The summed E-state index contributed by atoms with van der Waals surface area (Å²) in [5.74, 6) is 0. The molecule has 2 spiro atoms. The smallest absolute Gasteiger partial charge is 0.0720 e. The summed E-state index contributed by atoms with van der Waals surface area (Å²) in [6, 6.07) is 43.9. The quantitative estimate of drug-likeness (QED) is 0.170. The molecule has 5 aromatic rings. The lowest BCUT2D eigenvalue weighted by atomic mass is 9.51. The molecule has 2 atom stereocenters. The molecule has 2 heteroatoms. The van der Waals surface area contributed by atoms with Crippen LogP contribution in [0.1, 0.15) is 90.6 Å². The molecule has 0 amide bonds. The molecule has 0 saturated heterocycles. The number of aryl methyl sites for hydroxylation is 1. The third-order valence-corrected chi connectivity index (χ3v) is 12.7. The van der Waals surface area contributed by atoms with Crippen LogP contribution in [0, 0.1) is 6.92 Å². The normalized spacial score (nSPS) is 19.1. The number of benzene rings is 5. The maximum Gasteiger partial charge on any atom is 0.0720 e. The van der Waals surface area contributed by atoms with Crippen LogP contribution in [0.3, 0.4) is 0 Å². The van der Waals surface area contributed by atoms with E-state index in [-0.39, 0.29) is 21.6 Å². The summed E-state index contributed by atoms with van der Waals surface area (Å²) in [7, 11) is 4.52. The van der Waals surface area contributed by atoms with Crippen LogP contribution < -0.4 is 0 Å². The molecule has 240 valence electrons. The van der Waals surface area contributed by atoms with E-state index >= 15 is 0 Å². The number of fused-ring (bicyclic) bond motifs is 15. The SMILES string of the molecule is COC(C)(C)C(C)(C)P.Cc1cccc2c1C1(C3=C(C=CCC3)c3ccccc31)c1ccccc1C21c2ccccc2-c2ccccc21. The van der Waals surface area contributed by atoms with Crippen LogP contribution in [0.5, 0.6) is 0 Å². The fourth-order valence-corrected chi connectivity index (χ4v) is 9.20. The first kappa shape index (κ1) is 31.3. The molecule has 0 fully saturated rings. The van der Waals surface area contributed by atoms with Crippen molar-refractivity contribution >= 4 is 14.8 Å². The monoisotopic (exact) mass is 644 g/mol. The summed E-state index contributed by atoms with van der Waals surface area (Å²) < 4.78 is 5.28. The minimum Gasteiger partial charge on any atom is -0.378 e. The predicted octanol–water partition coefficient (Wildman–Crippen LogP) is 11.2. The van der Waals surface area contributed by atoms with Gasteiger partial charge >= 0.3 is 0 Å². The number of rotatable bonds is 2. The van der Waals surface area contributed by atoms with Crippen molar-refractivity contribution in [3.05, 3.63) is 183 Å². The van der Waals surface area contributed by atoms with Gasteiger partial charge in [0.15, 0.2) is 0 Å². The Hall–Kier alpha value is -4.03. The summed E-state index contributed by atoms with van der Waals surface area (Å²) in [6.45, 7) is 10.8. The molecule has 48 heavy (non-hydrogen) atoms. The van der Waals surface area contributed by atoms with E-state index in [9.17, 15) is 0 Å². The van der Waals surface area contributed by atoms with Crippen LogP contribution in [0.15, 0.2) is 133 Å². The van der Waals surface area contributed by atoms with Gasteiger partial charge in [0.05, 0.1) is 16.4 Å². The molecule has 4 aliphatic carbocycles. The van der Waals surface area contributed by atoms with Gasteiger partial charge in [-0.15, -0.1) is 9.24 Å². The van der Waals surface area contributed by atoms with Crippen LogP contribution in [0.25, 0.3) is 16.7 Å². The first-order valence-corrected chi connectivity index (χ1v) is 17.9. The summed E-state index contributed by atoms with van der Waals surface area (Å²) in [6.07, 6.45) is 6.95. The minimum absolute atomic E-state index is 0.0579. The molecule has 2 unspecified atom stereocenters. The zero-order valence-electron chi connectivity index (χ0n) is 29.0. The van der Waals surface area contributed by atoms with Gasteiger partial charge in [0.25, 0.3) is 0 Å². The van der Waals surface area contributed by atoms with Gasteiger partial charge in [0.1, 0.15) is 0 Å². The molecular formula is C46H45OP. The number of hydrogen-bond donors (Lipinski definition) is 0. The molecule has 0 saturated carbocycles. The zero-order chi connectivity index (χ0) is 33.5. The molecule has 0 aromatic heterocycles. The van der Waals surface area contributed by atoms with Gasteiger partial charge in [-0.05, 0) is 106 Å². The lowest BCUT2D eigenvalue weighted by Gasteiger charge is -2.50.